The summed E-state index contributed by atoms with van der Waals surface area (Å²) >= 11 is 0. The van der Waals surface area contributed by atoms with E-state index in [9.17, 15) is 4.39 Å². The summed E-state index contributed by atoms with van der Waals surface area (Å²) < 4.78 is 24.5. The Kier molecular flexibility index (Phi) is 4.39. The van der Waals surface area contributed by atoms with E-state index in [1.165, 1.54) is 13.2 Å². The first-order valence-electron chi connectivity index (χ1n) is 6.51. The molecule has 106 valence electrons. The number of methoxy groups -OCH3 is 2. The Morgan fingerprint density at radius 3 is 2.47 bits per heavy atom. The molecule has 3 N–H and O–H groups in total. The Bertz CT molecular complexity index is 433. The molecule has 1 saturated carbocycles. The Labute approximate surface area is 113 Å². The third-order valence-corrected chi connectivity index (χ3v) is 4.06. The molecule has 0 heterocycles. The zero-order chi connectivity index (χ0) is 13.9. The van der Waals surface area contributed by atoms with Gasteiger partial charge in [0.15, 0.2) is 11.6 Å². The lowest BCUT2D eigenvalue weighted by Crippen LogP contribution is -2.46. The number of benzene rings is 1. The van der Waals surface area contributed by atoms with Crippen molar-refractivity contribution < 1.29 is 13.9 Å². The molecular formula is C14H21FN2O2. The summed E-state index contributed by atoms with van der Waals surface area (Å²) in [6.45, 7) is 0. The van der Waals surface area contributed by atoms with Crippen molar-refractivity contribution in [2.24, 2.45) is 5.84 Å². The molecule has 1 atom stereocenters. The normalized spacial score (nSPS) is 19.4. The molecule has 19 heavy (non-hydrogen) atoms. The third-order valence-electron chi connectivity index (χ3n) is 4.06. The number of hydrogen-bond donors (Lipinski definition) is 2. The molecule has 0 amide bonds. The Morgan fingerprint density at radius 2 is 2.00 bits per heavy atom. The van der Waals surface area contributed by atoms with Crippen molar-refractivity contribution >= 4 is 0 Å². The highest BCUT2D eigenvalue weighted by Gasteiger charge is 2.42. The SMILES string of the molecule is COc1ccc(C(NN)C2(OC)CCCC2)cc1F. The van der Waals surface area contributed by atoms with E-state index in [2.05, 4.69) is 5.43 Å². The molecule has 1 aromatic rings. The van der Waals surface area contributed by atoms with Crippen molar-refractivity contribution in [1.82, 2.24) is 5.43 Å². The first-order valence-corrected chi connectivity index (χ1v) is 6.51. The largest absolute Gasteiger partial charge is 0.494 e. The zero-order valence-electron chi connectivity index (χ0n) is 11.4. The highest BCUT2D eigenvalue weighted by atomic mass is 19.1. The quantitative estimate of drug-likeness (QED) is 0.635. The summed E-state index contributed by atoms with van der Waals surface area (Å²) in [5.41, 5.74) is 3.21. The maximum atomic E-state index is 13.8. The van der Waals surface area contributed by atoms with Crippen molar-refractivity contribution in [2.75, 3.05) is 14.2 Å². The van der Waals surface area contributed by atoms with Gasteiger partial charge in [-0.25, -0.2) is 4.39 Å². The van der Waals surface area contributed by atoms with Gasteiger partial charge in [-0.1, -0.05) is 18.9 Å². The van der Waals surface area contributed by atoms with Crippen molar-refractivity contribution in [3.63, 3.8) is 0 Å². The molecule has 1 fully saturated rings. The smallest absolute Gasteiger partial charge is 0.165 e. The van der Waals surface area contributed by atoms with Crippen molar-refractivity contribution in [3.8, 4) is 5.75 Å². The van der Waals surface area contributed by atoms with Crippen LogP contribution in [0.2, 0.25) is 0 Å². The minimum Gasteiger partial charge on any atom is -0.494 e. The molecule has 1 aromatic carbocycles. The second-order valence-corrected chi connectivity index (χ2v) is 4.97. The van der Waals surface area contributed by atoms with Gasteiger partial charge in [0.05, 0.1) is 18.8 Å². The van der Waals surface area contributed by atoms with E-state index in [1.54, 1.807) is 13.2 Å². The summed E-state index contributed by atoms with van der Waals surface area (Å²) in [4.78, 5) is 0. The van der Waals surface area contributed by atoms with Gasteiger partial charge < -0.3 is 9.47 Å². The predicted octanol–water partition coefficient (Wildman–Crippen LogP) is 2.30. The van der Waals surface area contributed by atoms with Crippen LogP contribution in [0, 0.1) is 5.82 Å². The number of ether oxygens (including phenoxy) is 2. The van der Waals surface area contributed by atoms with E-state index in [4.69, 9.17) is 15.3 Å². The van der Waals surface area contributed by atoms with Crippen LogP contribution in [0.4, 0.5) is 4.39 Å². The molecule has 2 rings (SSSR count). The zero-order valence-corrected chi connectivity index (χ0v) is 11.4. The van der Waals surface area contributed by atoms with E-state index >= 15 is 0 Å². The van der Waals surface area contributed by atoms with Crippen LogP contribution in [-0.4, -0.2) is 19.8 Å². The average Bonchev–Trinajstić information content (AvgIpc) is 2.90. The van der Waals surface area contributed by atoms with Gasteiger partial charge in [-0.15, -0.1) is 0 Å². The second-order valence-electron chi connectivity index (χ2n) is 4.97. The van der Waals surface area contributed by atoms with Crippen LogP contribution in [0.25, 0.3) is 0 Å². The maximum absolute atomic E-state index is 13.8. The molecule has 1 aliphatic carbocycles. The molecule has 0 aliphatic heterocycles. The summed E-state index contributed by atoms with van der Waals surface area (Å²) in [5.74, 6) is 5.53. The second kappa shape index (κ2) is 5.86. The van der Waals surface area contributed by atoms with Crippen LogP contribution in [0.15, 0.2) is 18.2 Å². The van der Waals surface area contributed by atoms with Crippen molar-refractivity contribution in [2.45, 2.75) is 37.3 Å². The van der Waals surface area contributed by atoms with Gasteiger partial charge in [-0.3, -0.25) is 11.3 Å². The Morgan fingerprint density at radius 1 is 1.32 bits per heavy atom. The number of halogens is 1. The van der Waals surface area contributed by atoms with Crippen molar-refractivity contribution in [1.29, 1.82) is 0 Å². The summed E-state index contributed by atoms with van der Waals surface area (Å²) in [7, 11) is 3.14. The molecule has 0 aromatic heterocycles. The minimum atomic E-state index is -0.385. The number of nitrogens with two attached hydrogens (primary N) is 1. The van der Waals surface area contributed by atoms with Gasteiger partial charge in [0.1, 0.15) is 0 Å². The molecule has 4 nitrogen and oxygen atoms in total. The fourth-order valence-corrected chi connectivity index (χ4v) is 3.00. The van der Waals surface area contributed by atoms with Crippen LogP contribution in [0.1, 0.15) is 37.3 Å². The molecule has 1 unspecified atom stereocenters. The van der Waals surface area contributed by atoms with Crippen molar-refractivity contribution in [3.05, 3.63) is 29.6 Å². The number of nitrogens with one attached hydrogen (secondary N) is 1. The fourth-order valence-electron chi connectivity index (χ4n) is 3.00. The lowest BCUT2D eigenvalue weighted by atomic mass is 9.87. The summed E-state index contributed by atoms with van der Waals surface area (Å²) in [5, 5.41) is 0. The first kappa shape index (κ1) is 14.2. The number of rotatable bonds is 5. The third kappa shape index (κ3) is 2.59. The van der Waals surface area contributed by atoms with Gasteiger partial charge >= 0.3 is 0 Å². The molecule has 0 bridgehead atoms. The van der Waals surface area contributed by atoms with Crippen LogP contribution in [0.3, 0.4) is 0 Å². The number of hydrogen-bond acceptors (Lipinski definition) is 4. The van der Waals surface area contributed by atoms with Crippen LogP contribution >= 0.6 is 0 Å². The lowest BCUT2D eigenvalue weighted by Gasteiger charge is -2.36. The number of hydrazine groups is 1. The molecule has 0 saturated heterocycles. The first-order chi connectivity index (χ1) is 9.16. The van der Waals surface area contributed by atoms with Gasteiger partial charge in [0.2, 0.25) is 0 Å². The van der Waals surface area contributed by atoms with Gasteiger partial charge in [-0.05, 0) is 30.5 Å². The van der Waals surface area contributed by atoms with Crippen LogP contribution < -0.4 is 16.0 Å². The Hall–Kier alpha value is -1.17. The van der Waals surface area contributed by atoms with Gasteiger partial charge in [-0.2, -0.15) is 0 Å². The summed E-state index contributed by atoms with van der Waals surface area (Å²) in [6.07, 6.45) is 4.05. The average molecular weight is 268 g/mol. The fraction of sp³-hybridized carbons (Fsp3) is 0.571. The lowest BCUT2D eigenvalue weighted by molar-refractivity contribution is -0.0369. The van der Waals surface area contributed by atoms with E-state index in [0.717, 1.165) is 31.2 Å². The highest BCUT2D eigenvalue weighted by Crippen LogP contribution is 2.42. The van der Waals surface area contributed by atoms with Gasteiger partial charge in [0, 0.05) is 7.11 Å². The molecule has 0 spiro atoms. The van der Waals surface area contributed by atoms with Gasteiger partial charge in [0.25, 0.3) is 0 Å². The van der Waals surface area contributed by atoms with E-state index < -0.39 is 0 Å². The molecule has 1 aliphatic rings. The van der Waals surface area contributed by atoms with Crippen LogP contribution in [-0.2, 0) is 4.74 Å². The van der Waals surface area contributed by atoms with Crippen LogP contribution in [0.5, 0.6) is 5.75 Å². The standard InChI is InChI=1S/C14H21FN2O2/c1-18-12-6-5-10(9-11(12)15)13(17-16)14(19-2)7-3-4-8-14/h5-6,9,13,17H,3-4,7-8,16H2,1-2H3. The molecule has 0 radical (unpaired) electrons. The Balaban J connectivity index is 2.33. The molecule has 5 heteroatoms. The monoisotopic (exact) mass is 268 g/mol. The topological polar surface area (TPSA) is 56.5 Å². The minimum absolute atomic E-state index is 0.222. The van der Waals surface area contributed by atoms with E-state index in [1.807, 2.05) is 6.07 Å². The predicted molar refractivity (Wildman–Crippen MR) is 71.2 cm³/mol. The highest BCUT2D eigenvalue weighted by molar-refractivity contribution is 5.32. The van der Waals surface area contributed by atoms with E-state index in [0.29, 0.717) is 0 Å². The summed E-state index contributed by atoms with van der Waals surface area (Å²) in [6, 6.07) is 4.68. The maximum Gasteiger partial charge on any atom is 0.165 e. The van der Waals surface area contributed by atoms with E-state index in [-0.39, 0.29) is 23.2 Å². The molecular weight excluding hydrogens is 247 g/mol.